The van der Waals surface area contributed by atoms with Gasteiger partial charge in [-0.05, 0) is 0 Å². The number of anilines is 1. The molecule has 0 spiro atoms. The first-order chi connectivity index (χ1) is 6.24. The van der Waals surface area contributed by atoms with Crippen LogP contribution in [0.25, 0.3) is 0 Å². The zero-order chi connectivity index (χ0) is 9.68. The van der Waals surface area contributed by atoms with Crippen molar-refractivity contribution in [2.24, 2.45) is 0 Å². The fraction of sp³-hybridized carbons (Fsp3) is 0.286. The Hall–Kier alpha value is -1.36. The predicted molar refractivity (Wildman–Crippen MR) is 49.1 cm³/mol. The summed E-state index contributed by atoms with van der Waals surface area (Å²) in [6.07, 6.45) is 3.34. The second kappa shape index (κ2) is 4.61. The van der Waals surface area contributed by atoms with Crippen molar-refractivity contribution in [1.29, 1.82) is 0 Å². The topological polar surface area (TPSA) is 66.9 Å². The number of aromatic nitrogens is 2. The molecule has 70 valence electrons. The predicted octanol–water partition coefficient (Wildman–Crippen LogP) is 0.983. The van der Waals surface area contributed by atoms with Gasteiger partial charge >= 0.3 is 0 Å². The maximum absolute atomic E-state index is 10.8. The van der Waals surface area contributed by atoms with Crippen molar-refractivity contribution in [2.45, 2.75) is 13.3 Å². The molecule has 0 aliphatic rings. The molecule has 0 aromatic carbocycles. The van der Waals surface area contributed by atoms with Gasteiger partial charge in [0.1, 0.15) is 0 Å². The van der Waals surface area contributed by atoms with Crippen LogP contribution in [0.2, 0.25) is 5.15 Å². The van der Waals surface area contributed by atoms with E-state index in [4.69, 9.17) is 11.6 Å². The third kappa shape index (κ3) is 2.87. The molecular weight excluding hydrogens is 192 g/mol. The van der Waals surface area contributed by atoms with E-state index in [-0.39, 0.29) is 11.1 Å². The maximum atomic E-state index is 10.8. The van der Waals surface area contributed by atoms with Crippen molar-refractivity contribution in [2.75, 3.05) is 5.43 Å². The van der Waals surface area contributed by atoms with E-state index in [0.717, 1.165) is 0 Å². The SMILES string of the molecule is CCC(=O)NNc1nccnc1Cl. The van der Waals surface area contributed by atoms with Crippen molar-refractivity contribution in [3.63, 3.8) is 0 Å². The first-order valence-corrected chi connectivity index (χ1v) is 4.13. The highest BCUT2D eigenvalue weighted by Crippen LogP contribution is 2.12. The smallest absolute Gasteiger partial charge is 0.238 e. The van der Waals surface area contributed by atoms with Gasteiger partial charge in [0.05, 0.1) is 0 Å². The highest BCUT2D eigenvalue weighted by molar-refractivity contribution is 6.31. The molecule has 13 heavy (non-hydrogen) atoms. The number of halogens is 1. The van der Waals surface area contributed by atoms with E-state index in [0.29, 0.717) is 12.2 Å². The largest absolute Gasteiger partial charge is 0.279 e. The molecule has 0 aliphatic heterocycles. The van der Waals surface area contributed by atoms with Gasteiger partial charge in [-0.1, -0.05) is 18.5 Å². The Bertz CT molecular complexity index is 304. The molecule has 0 unspecified atom stereocenters. The normalized spacial score (nSPS) is 9.38. The van der Waals surface area contributed by atoms with Crippen LogP contribution in [0.3, 0.4) is 0 Å². The second-order valence-electron chi connectivity index (χ2n) is 2.22. The lowest BCUT2D eigenvalue weighted by molar-refractivity contribution is -0.120. The minimum absolute atomic E-state index is 0.137. The first-order valence-electron chi connectivity index (χ1n) is 3.75. The minimum atomic E-state index is -0.137. The molecule has 2 N–H and O–H groups in total. The molecule has 0 bridgehead atoms. The second-order valence-corrected chi connectivity index (χ2v) is 2.58. The van der Waals surface area contributed by atoms with Crippen LogP contribution in [0.5, 0.6) is 0 Å². The van der Waals surface area contributed by atoms with E-state index in [9.17, 15) is 4.79 Å². The van der Waals surface area contributed by atoms with Crippen LogP contribution >= 0.6 is 11.6 Å². The van der Waals surface area contributed by atoms with Gasteiger partial charge in [-0.15, -0.1) is 0 Å². The number of amides is 1. The van der Waals surface area contributed by atoms with Gasteiger partial charge in [0.2, 0.25) is 5.91 Å². The molecule has 6 heteroatoms. The molecule has 1 heterocycles. The van der Waals surface area contributed by atoms with Gasteiger partial charge in [-0.3, -0.25) is 15.6 Å². The van der Waals surface area contributed by atoms with E-state index >= 15 is 0 Å². The summed E-state index contributed by atoms with van der Waals surface area (Å²) in [7, 11) is 0. The lowest BCUT2D eigenvalue weighted by Gasteiger charge is -2.06. The minimum Gasteiger partial charge on any atom is -0.279 e. The van der Waals surface area contributed by atoms with Gasteiger partial charge in [-0.2, -0.15) is 0 Å². The summed E-state index contributed by atoms with van der Waals surface area (Å²) in [5.41, 5.74) is 4.97. The Morgan fingerprint density at radius 3 is 2.85 bits per heavy atom. The highest BCUT2D eigenvalue weighted by atomic mass is 35.5. The monoisotopic (exact) mass is 200 g/mol. The molecule has 1 aromatic heterocycles. The molecule has 0 aliphatic carbocycles. The average Bonchev–Trinajstić information content (AvgIpc) is 2.16. The van der Waals surface area contributed by atoms with Crippen LogP contribution in [-0.4, -0.2) is 15.9 Å². The fourth-order valence-corrected chi connectivity index (χ4v) is 0.775. The summed E-state index contributed by atoms with van der Waals surface area (Å²) in [5, 5.41) is 0.221. The van der Waals surface area contributed by atoms with Gasteiger partial charge < -0.3 is 0 Å². The molecule has 0 radical (unpaired) electrons. The number of hydrogen-bond acceptors (Lipinski definition) is 4. The lowest BCUT2D eigenvalue weighted by Crippen LogP contribution is -2.29. The number of nitrogens with zero attached hydrogens (tertiary/aromatic N) is 2. The Labute approximate surface area is 80.5 Å². The molecule has 1 aromatic rings. The summed E-state index contributed by atoms with van der Waals surface area (Å²) in [5.74, 6) is 0.202. The van der Waals surface area contributed by atoms with Crippen LogP contribution in [0, 0.1) is 0 Å². The van der Waals surface area contributed by atoms with Gasteiger partial charge in [-0.25, -0.2) is 9.97 Å². The van der Waals surface area contributed by atoms with E-state index in [1.807, 2.05) is 0 Å². The summed E-state index contributed by atoms with van der Waals surface area (Å²) in [4.78, 5) is 18.5. The average molecular weight is 201 g/mol. The summed E-state index contributed by atoms with van der Waals surface area (Å²) < 4.78 is 0. The van der Waals surface area contributed by atoms with Crippen LogP contribution in [0.4, 0.5) is 5.82 Å². The Balaban J connectivity index is 2.54. The highest BCUT2D eigenvalue weighted by Gasteiger charge is 2.01. The maximum Gasteiger partial charge on any atom is 0.238 e. The number of carbonyl (C=O) groups is 1. The van der Waals surface area contributed by atoms with E-state index in [1.54, 1.807) is 6.92 Å². The number of hydrogen-bond donors (Lipinski definition) is 2. The molecule has 0 fully saturated rings. The van der Waals surface area contributed by atoms with Crippen molar-refractivity contribution < 1.29 is 4.79 Å². The number of nitrogens with one attached hydrogen (secondary N) is 2. The molecular formula is C7H9ClN4O. The van der Waals surface area contributed by atoms with Gasteiger partial charge in [0.25, 0.3) is 0 Å². The third-order valence-electron chi connectivity index (χ3n) is 1.30. The molecule has 0 atom stereocenters. The van der Waals surface area contributed by atoms with Crippen molar-refractivity contribution >= 4 is 23.3 Å². The number of carbonyl (C=O) groups excluding carboxylic acids is 1. The zero-order valence-electron chi connectivity index (χ0n) is 7.04. The molecule has 5 nitrogen and oxygen atoms in total. The first kappa shape index (κ1) is 9.73. The van der Waals surface area contributed by atoms with E-state index in [1.165, 1.54) is 12.4 Å². The van der Waals surface area contributed by atoms with Gasteiger partial charge in [0, 0.05) is 18.8 Å². The third-order valence-corrected chi connectivity index (χ3v) is 1.57. The Morgan fingerprint density at radius 2 is 2.23 bits per heavy atom. The number of rotatable bonds is 3. The molecule has 0 saturated carbocycles. The van der Waals surface area contributed by atoms with Crippen LogP contribution < -0.4 is 10.9 Å². The Morgan fingerprint density at radius 1 is 1.54 bits per heavy atom. The standard InChI is InChI=1S/C7H9ClN4O/c1-2-5(13)11-12-7-6(8)9-3-4-10-7/h3-4H,2H2,1H3,(H,10,12)(H,11,13). The Kier molecular flexibility index (Phi) is 3.45. The van der Waals surface area contributed by atoms with Crippen LogP contribution in [-0.2, 0) is 4.79 Å². The molecule has 1 amide bonds. The van der Waals surface area contributed by atoms with Crippen molar-refractivity contribution in [3.05, 3.63) is 17.5 Å². The van der Waals surface area contributed by atoms with E-state index < -0.39 is 0 Å². The van der Waals surface area contributed by atoms with Gasteiger partial charge in [0.15, 0.2) is 11.0 Å². The number of hydrazine groups is 1. The summed E-state index contributed by atoms with van der Waals surface area (Å²) in [6, 6.07) is 0. The quantitative estimate of drug-likeness (QED) is 0.714. The van der Waals surface area contributed by atoms with Crippen LogP contribution in [0.1, 0.15) is 13.3 Å². The fourth-order valence-electron chi connectivity index (χ4n) is 0.622. The molecule has 1 rings (SSSR count). The summed E-state index contributed by atoms with van der Waals surface area (Å²) >= 11 is 5.66. The van der Waals surface area contributed by atoms with E-state index in [2.05, 4.69) is 20.8 Å². The lowest BCUT2D eigenvalue weighted by atomic mass is 10.5. The zero-order valence-corrected chi connectivity index (χ0v) is 7.80. The summed E-state index contributed by atoms with van der Waals surface area (Å²) in [6.45, 7) is 1.75. The van der Waals surface area contributed by atoms with Crippen LogP contribution in [0.15, 0.2) is 12.4 Å². The van der Waals surface area contributed by atoms with Crippen molar-refractivity contribution in [1.82, 2.24) is 15.4 Å². The molecule has 0 saturated heterocycles. The van der Waals surface area contributed by atoms with Crippen molar-refractivity contribution in [3.8, 4) is 0 Å².